The lowest BCUT2D eigenvalue weighted by molar-refractivity contribution is 1.33. The lowest BCUT2D eigenvalue weighted by atomic mass is 10.0. The van der Waals surface area contributed by atoms with Gasteiger partial charge in [0.15, 0.2) is 0 Å². The summed E-state index contributed by atoms with van der Waals surface area (Å²) in [6.45, 7) is 8.64. The zero-order valence-corrected chi connectivity index (χ0v) is 12.0. The Labute approximate surface area is 114 Å². The van der Waals surface area contributed by atoms with Gasteiger partial charge in [-0.05, 0) is 67.6 Å². The van der Waals surface area contributed by atoms with Crippen molar-refractivity contribution in [3.63, 3.8) is 0 Å². The summed E-state index contributed by atoms with van der Waals surface area (Å²) in [4.78, 5) is 3.57. The van der Waals surface area contributed by atoms with Crippen molar-refractivity contribution in [2.75, 3.05) is 0 Å². The van der Waals surface area contributed by atoms with E-state index in [4.69, 9.17) is 0 Å². The van der Waals surface area contributed by atoms with Gasteiger partial charge >= 0.3 is 0 Å². The maximum absolute atomic E-state index is 3.57. The van der Waals surface area contributed by atoms with Crippen molar-refractivity contribution >= 4 is 10.9 Å². The number of hydrogen-bond acceptors (Lipinski definition) is 0. The molecule has 0 unspecified atom stereocenters. The summed E-state index contributed by atoms with van der Waals surface area (Å²) in [6, 6.07) is 13.3. The van der Waals surface area contributed by atoms with Crippen LogP contribution in [0, 0.1) is 27.7 Å². The molecular formula is C18H19N. The number of aromatic nitrogens is 1. The van der Waals surface area contributed by atoms with Crippen molar-refractivity contribution < 1.29 is 0 Å². The molecule has 1 nitrogen and oxygen atoms in total. The van der Waals surface area contributed by atoms with E-state index in [-0.39, 0.29) is 0 Å². The first kappa shape index (κ1) is 12.0. The van der Waals surface area contributed by atoms with Crippen molar-refractivity contribution in [2.45, 2.75) is 27.7 Å². The second kappa shape index (κ2) is 4.27. The average Bonchev–Trinajstić information content (AvgIpc) is 2.83. The van der Waals surface area contributed by atoms with Gasteiger partial charge in [-0.15, -0.1) is 0 Å². The smallest absolute Gasteiger partial charge is 0.0491 e. The van der Waals surface area contributed by atoms with Crippen molar-refractivity contribution in [2.24, 2.45) is 0 Å². The minimum absolute atomic E-state index is 1.20. The first-order chi connectivity index (χ1) is 9.06. The maximum atomic E-state index is 3.57. The Kier molecular flexibility index (Phi) is 2.70. The molecule has 0 fully saturated rings. The fourth-order valence-electron chi connectivity index (χ4n) is 2.56. The molecule has 0 aliphatic rings. The van der Waals surface area contributed by atoms with Crippen LogP contribution >= 0.6 is 0 Å². The third kappa shape index (κ3) is 1.95. The van der Waals surface area contributed by atoms with Gasteiger partial charge in [0, 0.05) is 16.6 Å². The largest absolute Gasteiger partial charge is 0.354 e. The van der Waals surface area contributed by atoms with Crippen LogP contribution in [0.2, 0.25) is 0 Å². The van der Waals surface area contributed by atoms with E-state index in [1.807, 2.05) is 0 Å². The molecule has 0 spiro atoms. The molecule has 1 heterocycles. The molecule has 2 aromatic carbocycles. The van der Waals surface area contributed by atoms with Gasteiger partial charge in [0.25, 0.3) is 0 Å². The number of fused-ring (bicyclic) bond motifs is 1. The lowest BCUT2D eigenvalue weighted by Crippen LogP contribution is -1.83. The van der Waals surface area contributed by atoms with Crippen molar-refractivity contribution in [1.29, 1.82) is 0 Å². The number of aromatic amines is 1. The quantitative estimate of drug-likeness (QED) is 0.620. The number of hydrogen-bond donors (Lipinski definition) is 1. The number of nitrogens with one attached hydrogen (secondary N) is 1. The SMILES string of the molecule is Cc1ccc(-c2cc3c(C)ccc(C)c3[nH]2)cc1C. The molecule has 1 aromatic heterocycles. The van der Waals surface area contributed by atoms with E-state index in [1.54, 1.807) is 0 Å². The van der Waals surface area contributed by atoms with Gasteiger partial charge in [-0.25, -0.2) is 0 Å². The zero-order valence-electron chi connectivity index (χ0n) is 12.0. The van der Waals surface area contributed by atoms with E-state index in [1.165, 1.54) is 44.4 Å². The van der Waals surface area contributed by atoms with Crippen LogP contribution in [-0.2, 0) is 0 Å². The van der Waals surface area contributed by atoms with Gasteiger partial charge in [-0.3, -0.25) is 0 Å². The molecule has 0 radical (unpaired) electrons. The van der Waals surface area contributed by atoms with Crippen molar-refractivity contribution in [3.8, 4) is 11.3 Å². The molecule has 1 N–H and O–H groups in total. The fourth-order valence-corrected chi connectivity index (χ4v) is 2.56. The molecule has 96 valence electrons. The van der Waals surface area contributed by atoms with Crippen LogP contribution < -0.4 is 0 Å². The van der Waals surface area contributed by atoms with E-state index >= 15 is 0 Å². The molecule has 0 atom stereocenters. The second-order valence-electron chi connectivity index (χ2n) is 5.47. The molecule has 1 heteroatoms. The third-order valence-electron chi connectivity index (χ3n) is 4.04. The Morgan fingerprint density at radius 3 is 2.05 bits per heavy atom. The zero-order chi connectivity index (χ0) is 13.6. The molecule has 0 aliphatic heterocycles. The van der Waals surface area contributed by atoms with Gasteiger partial charge in [0.2, 0.25) is 0 Å². The monoisotopic (exact) mass is 249 g/mol. The normalized spacial score (nSPS) is 11.2. The van der Waals surface area contributed by atoms with Crippen LogP contribution in [-0.4, -0.2) is 4.98 Å². The minimum atomic E-state index is 1.20. The highest BCUT2D eigenvalue weighted by Gasteiger charge is 2.07. The number of rotatable bonds is 1. The molecule has 0 bridgehead atoms. The first-order valence-electron chi connectivity index (χ1n) is 6.73. The number of H-pyrrole nitrogens is 1. The predicted molar refractivity (Wildman–Crippen MR) is 82.7 cm³/mol. The highest BCUT2D eigenvalue weighted by Crippen LogP contribution is 2.29. The summed E-state index contributed by atoms with van der Waals surface area (Å²) in [5, 5.41) is 1.33. The van der Waals surface area contributed by atoms with Crippen molar-refractivity contribution in [1.82, 2.24) is 4.98 Å². The molecule has 0 saturated carbocycles. The lowest BCUT2D eigenvalue weighted by Gasteiger charge is -2.03. The van der Waals surface area contributed by atoms with E-state index < -0.39 is 0 Å². The molecule has 19 heavy (non-hydrogen) atoms. The predicted octanol–water partition coefficient (Wildman–Crippen LogP) is 5.07. The summed E-state index contributed by atoms with van der Waals surface area (Å²) in [5.74, 6) is 0. The summed E-state index contributed by atoms with van der Waals surface area (Å²) in [7, 11) is 0. The molecule has 0 aliphatic carbocycles. The van der Waals surface area contributed by atoms with Crippen LogP contribution in [0.4, 0.5) is 0 Å². The maximum Gasteiger partial charge on any atom is 0.0491 e. The summed E-state index contributed by atoms with van der Waals surface area (Å²) >= 11 is 0. The Morgan fingerprint density at radius 2 is 1.37 bits per heavy atom. The minimum Gasteiger partial charge on any atom is -0.354 e. The van der Waals surface area contributed by atoms with Gasteiger partial charge in [-0.1, -0.05) is 24.3 Å². The second-order valence-corrected chi connectivity index (χ2v) is 5.47. The average molecular weight is 249 g/mol. The third-order valence-corrected chi connectivity index (χ3v) is 4.04. The van der Waals surface area contributed by atoms with E-state index in [9.17, 15) is 0 Å². The van der Waals surface area contributed by atoms with Crippen molar-refractivity contribution in [3.05, 3.63) is 58.7 Å². The molecule has 0 saturated heterocycles. The Hall–Kier alpha value is -2.02. The summed E-state index contributed by atoms with van der Waals surface area (Å²) < 4.78 is 0. The standard InChI is InChI=1S/C18H19N/c1-11-7-8-15(9-14(11)4)17-10-16-12(2)5-6-13(3)18(16)19-17/h5-10,19H,1-4H3. The van der Waals surface area contributed by atoms with E-state index in [2.05, 4.69) is 69.1 Å². The molecule has 0 amide bonds. The summed E-state index contributed by atoms with van der Waals surface area (Å²) in [6.07, 6.45) is 0. The molecular weight excluding hydrogens is 230 g/mol. The summed E-state index contributed by atoms with van der Waals surface area (Å²) in [5.41, 5.74) is 9.03. The molecule has 3 aromatic rings. The number of benzene rings is 2. The van der Waals surface area contributed by atoms with Crippen LogP contribution in [0.5, 0.6) is 0 Å². The van der Waals surface area contributed by atoms with E-state index in [0.717, 1.165) is 0 Å². The van der Waals surface area contributed by atoms with Crippen LogP contribution in [0.1, 0.15) is 22.3 Å². The first-order valence-corrected chi connectivity index (χ1v) is 6.73. The fraction of sp³-hybridized carbons (Fsp3) is 0.222. The van der Waals surface area contributed by atoms with Crippen LogP contribution in [0.3, 0.4) is 0 Å². The van der Waals surface area contributed by atoms with Gasteiger partial charge in [0.05, 0.1) is 0 Å². The van der Waals surface area contributed by atoms with Crippen LogP contribution in [0.25, 0.3) is 22.2 Å². The van der Waals surface area contributed by atoms with Gasteiger partial charge in [0.1, 0.15) is 0 Å². The Morgan fingerprint density at radius 1 is 0.684 bits per heavy atom. The Balaban J connectivity index is 2.23. The topological polar surface area (TPSA) is 15.8 Å². The highest BCUT2D eigenvalue weighted by molar-refractivity contribution is 5.90. The molecule has 3 rings (SSSR count). The van der Waals surface area contributed by atoms with Gasteiger partial charge in [-0.2, -0.15) is 0 Å². The van der Waals surface area contributed by atoms with E-state index in [0.29, 0.717) is 0 Å². The highest BCUT2D eigenvalue weighted by atomic mass is 14.7. The number of aryl methyl sites for hydroxylation is 4. The van der Waals surface area contributed by atoms with Gasteiger partial charge < -0.3 is 4.98 Å². The Bertz CT molecular complexity index is 724. The van der Waals surface area contributed by atoms with Crippen LogP contribution in [0.15, 0.2) is 36.4 Å².